The quantitative estimate of drug-likeness (QED) is 0.692. The van der Waals surface area contributed by atoms with Gasteiger partial charge in [0.05, 0.1) is 6.54 Å². The number of nitrogens with one attached hydrogen (secondary N) is 1. The number of piperazine rings is 1. The lowest BCUT2D eigenvalue weighted by Gasteiger charge is -2.32. The Morgan fingerprint density at radius 3 is 2.55 bits per heavy atom. The molecule has 1 aliphatic carbocycles. The van der Waals surface area contributed by atoms with E-state index in [2.05, 4.69) is 48.2 Å². The molecule has 2 fully saturated rings. The first-order chi connectivity index (χ1) is 16.0. The minimum atomic E-state index is 0.127. The average molecular weight is 448 g/mol. The molecule has 0 spiro atoms. The molecule has 0 radical (unpaired) electrons. The highest BCUT2D eigenvalue weighted by atomic mass is 16.5. The Morgan fingerprint density at radius 2 is 1.85 bits per heavy atom. The van der Waals surface area contributed by atoms with E-state index in [1.807, 2.05) is 24.3 Å². The van der Waals surface area contributed by atoms with Crippen molar-refractivity contribution >= 4 is 23.5 Å². The van der Waals surface area contributed by atoms with E-state index < -0.39 is 0 Å². The average Bonchev–Trinajstić information content (AvgIpc) is 3.54. The van der Waals surface area contributed by atoms with Gasteiger partial charge in [-0.3, -0.25) is 9.79 Å². The third-order valence-electron chi connectivity index (χ3n) is 6.07. The molecule has 2 aliphatic heterocycles. The van der Waals surface area contributed by atoms with Crippen molar-refractivity contribution in [3.63, 3.8) is 0 Å². The lowest BCUT2D eigenvalue weighted by molar-refractivity contribution is -0.116. The Kier molecular flexibility index (Phi) is 6.04. The van der Waals surface area contributed by atoms with Crippen LogP contribution in [0.4, 0.5) is 11.9 Å². The first-order valence-electron chi connectivity index (χ1n) is 11.5. The smallest absolute Gasteiger partial charge is 0.328 e. The molecule has 0 amide bonds. The molecule has 2 aromatic rings. The van der Waals surface area contributed by atoms with Gasteiger partial charge >= 0.3 is 6.01 Å². The number of carbonyl (C=O) groups excluding carboxylic acids is 1. The van der Waals surface area contributed by atoms with Gasteiger partial charge in [0, 0.05) is 32.6 Å². The number of rotatable bonds is 7. The maximum Gasteiger partial charge on any atom is 0.328 e. The number of ketones is 1. The maximum atomic E-state index is 11.4. The number of benzene rings is 1. The van der Waals surface area contributed by atoms with Gasteiger partial charge in [0.15, 0.2) is 0 Å². The molecule has 1 saturated carbocycles. The molecule has 9 nitrogen and oxygen atoms in total. The highest BCUT2D eigenvalue weighted by Gasteiger charge is 2.28. The van der Waals surface area contributed by atoms with E-state index in [1.165, 1.54) is 18.4 Å². The Bertz CT molecular complexity index is 1080. The number of hydrogen-bond donors (Lipinski definition) is 1. The van der Waals surface area contributed by atoms with Gasteiger partial charge in [-0.1, -0.05) is 12.1 Å². The summed E-state index contributed by atoms with van der Waals surface area (Å²) in [6.07, 6.45) is 5.05. The predicted molar refractivity (Wildman–Crippen MR) is 127 cm³/mol. The van der Waals surface area contributed by atoms with Crippen LogP contribution in [-0.2, 0) is 11.2 Å². The minimum absolute atomic E-state index is 0.127. The van der Waals surface area contributed by atoms with Gasteiger partial charge in [-0.15, -0.1) is 0 Å². The predicted octanol–water partition coefficient (Wildman–Crippen LogP) is 2.71. The summed E-state index contributed by atoms with van der Waals surface area (Å²) in [4.78, 5) is 34.1. The van der Waals surface area contributed by atoms with Gasteiger partial charge in [0.2, 0.25) is 11.9 Å². The molecular weight excluding hydrogens is 418 g/mol. The highest BCUT2D eigenvalue weighted by molar-refractivity contribution is 6.04. The molecule has 3 aliphatic rings. The number of ether oxygens (including phenoxy) is 1. The molecule has 5 rings (SSSR count). The normalized spacial score (nSPS) is 18.7. The summed E-state index contributed by atoms with van der Waals surface area (Å²) < 4.78 is 5.99. The second-order valence-corrected chi connectivity index (χ2v) is 8.98. The van der Waals surface area contributed by atoms with Gasteiger partial charge < -0.3 is 19.9 Å². The summed E-state index contributed by atoms with van der Waals surface area (Å²) in [6.45, 7) is 5.91. The third-order valence-corrected chi connectivity index (χ3v) is 6.07. The van der Waals surface area contributed by atoms with Crippen molar-refractivity contribution in [2.75, 3.05) is 50.0 Å². The van der Waals surface area contributed by atoms with Crippen molar-refractivity contribution in [3.05, 3.63) is 41.5 Å². The Balaban J connectivity index is 1.37. The van der Waals surface area contributed by atoms with Crippen molar-refractivity contribution in [2.45, 2.75) is 26.2 Å². The van der Waals surface area contributed by atoms with Gasteiger partial charge in [-0.05, 0) is 62.1 Å². The summed E-state index contributed by atoms with van der Waals surface area (Å²) >= 11 is 0. The summed E-state index contributed by atoms with van der Waals surface area (Å²) in [5.41, 5.74) is 2.33. The fraction of sp³-hybridized carbons (Fsp3) is 0.458. The molecule has 0 unspecified atom stereocenters. The van der Waals surface area contributed by atoms with Crippen LogP contribution in [0.15, 0.2) is 40.9 Å². The summed E-state index contributed by atoms with van der Waals surface area (Å²) in [6, 6.07) is 7.66. The van der Waals surface area contributed by atoms with Crippen LogP contribution in [0.5, 0.6) is 11.8 Å². The number of Topliss-reactive ketones (excluding diaryl/α,β-unsaturated/α-hetero) is 1. The topological polar surface area (TPSA) is 95.8 Å². The van der Waals surface area contributed by atoms with Crippen LogP contribution in [0.1, 0.15) is 25.3 Å². The number of anilines is 2. The minimum Gasteiger partial charge on any atom is -0.424 e. The van der Waals surface area contributed by atoms with Crippen molar-refractivity contribution in [2.24, 2.45) is 10.9 Å². The van der Waals surface area contributed by atoms with Gasteiger partial charge in [-0.25, -0.2) is 0 Å². The fourth-order valence-corrected chi connectivity index (χ4v) is 4.00. The third kappa shape index (κ3) is 5.54. The fourth-order valence-electron chi connectivity index (χ4n) is 4.00. The van der Waals surface area contributed by atoms with E-state index in [9.17, 15) is 4.79 Å². The van der Waals surface area contributed by atoms with Crippen molar-refractivity contribution in [3.8, 4) is 11.8 Å². The highest BCUT2D eigenvalue weighted by Crippen LogP contribution is 2.37. The van der Waals surface area contributed by atoms with Gasteiger partial charge in [0.1, 0.15) is 17.4 Å². The number of likely N-dealkylation sites (N-methyl/N-ethyl adjacent to an activating group) is 1. The number of carbonyl (C=O) groups is 1. The Morgan fingerprint density at radius 1 is 1.09 bits per heavy atom. The zero-order valence-corrected chi connectivity index (χ0v) is 19.1. The Hall–Kier alpha value is -3.33. The van der Waals surface area contributed by atoms with Crippen molar-refractivity contribution < 1.29 is 9.53 Å². The van der Waals surface area contributed by atoms with Crippen LogP contribution < -0.4 is 15.0 Å². The van der Waals surface area contributed by atoms with Crippen LogP contribution in [0, 0.1) is 5.92 Å². The van der Waals surface area contributed by atoms with Gasteiger partial charge in [0.25, 0.3) is 0 Å². The monoisotopic (exact) mass is 447 g/mol. The first-order valence-corrected chi connectivity index (χ1v) is 11.5. The number of aliphatic imine (C=N–C) groups is 1. The van der Waals surface area contributed by atoms with E-state index in [-0.39, 0.29) is 11.8 Å². The van der Waals surface area contributed by atoms with E-state index in [0.29, 0.717) is 30.0 Å². The molecule has 33 heavy (non-hydrogen) atoms. The largest absolute Gasteiger partial charge is 0.424 e. The molecule has 9 heteroatoms. The molecule has 1 aromatic carbocycles. The van der Waals surface area contributed by atoms with Crippen LogP contribution >= 0.6 is 0 Å². The van der Waals surface area contributed by atoms with Gasteiger partial charge in [-0.2, -0.15) is 15.0 Å². The lowest BCUT2D eigenvalue weighted by Crippen LogP contribution is -2.45. The second-order valence-electron chi connectivity index (χ2n) is 8.98. The van der Waals surface area contributed by atoms with Crippen molar-refractivity contribution in [1.29, 1.82) is 0 Å². The van der Waals surface area contributed by atoms with E-state index >= 15 is 0 Å². The maximum absolute atomic E-state index is 11.4. The second kappa shape index (κ2) is 9.27. The summed E-state index contributed by atoms with van der Waals surface area (Å²) in [5.74, 6) is 3.23. The molecule has 172 valence electrons. The number of nitrogens with zero attached hydrogens (tertiary/aromatic N) is 6. The van der Waals surface area contributed by atoms with Crippen LogP contribution in [0.3, 0.4) is 0 Å². The van der Waals surface area contributed by atoms with E-state index in [1.54, 1.807) is 6.92 Å². The van der Waals surface area contributed by atoms with Crippen LogP contribution in [0.2, 0.25) is 0 Å². The van der Waals surface area contributed by atoms with E-state index in [4.69, 9.17) is 4.74 Å². The molecule has 1 N–H and O–H groups in total. The van der Waals surface area contributed by atoms with Crippen molar-refractivity contribution in [1.82, 2.24) is 19.9 Å². The summed E-state index contributed by atoms with van der Waals surface area (Å²) in [5, 5.41) is 3.26. The lowest BCUT2D eigenvalue weighted by atomic mass is 10.1. The van der Waals surface area contributed by atoms with Crippen LogP contribution in [-0.4, -0.2) is 71.2 Å². The molecule has 1 aromatic heterocycles. The molecule has 0 atom stereocenters. The Labute approximate surface area is 193 Å². The van der Waals surface area contributed by atoms with E-state index in [0.717, 1.165) is 44.1 Å². The molecule has 0 bridgehead atoms. The molecule has 3 heterocycles. The standard InChI is InChI=1S/C24H29N7O2/c1-16(32)13-17-3-7-20(8-4-17)33-24-28-22(26-21-14-19(15-25-21)18-5-6-18)27-23(29-24)31-11-9-30(2)10-12-31/h3-4,7-8,14,18H,5-6,9-13,15H2,1-2H3,(H,25,26,27,28,29). The zero-order chi connectivity index (χ0) is 22.8. The number of amidine groups is 1. The molecule has 1 saturated heterocycles. The SMILES string of the molecule is CC(=O)Cc1ccc(Oc2nc(NC3=NCC(C4CC4)=C3)nc(N3CCN(C)CC3)n2)cc1. The zero-order valence-electron chi connectivity index (χ0n) is 19.1. The van der Waals surface area contributed by atoms with Crippen LogP contribution in [0.25, 0.3) is 0 Å². The number of aromatic nitrogens is 3. The summed E-state index contributed by atoms with van der Waals surface area (Å²) in [7, 11) is 2.12. The number of hydrogen-bond acceptors (Lipinski definition) is 9. The molecular formula is C24H29N7O2. The first kappa shape index (κ1) is 21.5.